The van der Waals surface area contributed by atoms with Gasteiger partial charge in [-0.3, -0.25) is 0 Å². The van der Waals surface area contributed by atoms with Crippen molar-refractivity contribution < 1.29 is 14.9 Å². The molecule has 0 radical (unpaired) electrons. The second-order valence-corrected chi connectivity index (χ2v) is 6.64. The molecule has 0 amide bonds. The molecule has 0 aliphatic heterocycles. The molecule has 0 aliphatic carbocycles. The number of aliphatic hydroxyl groups is 2. The van der Waals surface area contributed by atoms with E-state index < -0.39 is 5.60 Å². The lowest BCUT2D eigenvalue weighted by molar-refractivity contribution is 0.0553. The third-order valence-corrected chi connectivity index (χ3v) is 4.09. The predicted octanol–water partition coefficient (Wildman–Crippen LogP) is 4.00. The summed E-state index contributed by atoms with van der Waals surface area (Å²) in [5.41, 5.74) is 4.76. The van der Waals surface area contributed by atoms with E-state index in [2.05, 4.69) is 19.1 Å². The molecule has 2 rings (SSSR count). The summed E-state index contributed by atoms with van der Waals surface area (Å²) in [6.45, 7) is 8.19. The molecule has 124 valence electrons. The monoisotopic (exact) mass is 314 g/mol. The Labute approximate surface area is 138 Å². The fourth-order valence-corrected chi connectivity index (χ4v) is 2.59. The van der Waals surface area contributed by atoms with Gasteiger partial charge < -0.3 is 14.9 Å². The van der Waals surface area contributed by atoms with Crippen molar-refractivity contribution in [2.45, 2.75) is 46.3 Å². The molecule has 2 aromatic rings. The molecule has 0 fully saturated rings. The first kappa shape index (κ1) is 17.5. The molecule has 0 aliphatic rings. The molecule has 2 aromatic carbocycles. The van der Waals surface area contributed by atoms with Gasteiger partial charge >= 0.3 is 0 Å². The van der Waals surface area contributed by atoms with Crippen molar-refractivity contribution in [3.63, 3.8) is 0 Å². The van der Waals surface area contributed by atoms with Crippen molar-refractivity contribution in [3.05, 3.63) is 53.1 Å². The number of hydrogen-bond acceptors (Lipinski definition) is 3. The Morgan fingerprint density at radius 1 is 1.04 bits per heavy atom. The largest absolute Gasteiger partial charge is 0.493 e. The number of aliphatic hydroxyl groups excluding tert-OH is 1. The van der Waals surface area contributed by atoms with E-state index in [1.165, 1.54) is 0 Å². The zero-order chi connectivity index (χ0) is 17.0. The number of aryl methyl sites for hydroxylation is 1. The molecule has 2 N–H and O–H groups in total. The van der Waals surface area contributed by atoms with Crippen LogP contribution in [0.1, 0.15) is 37.0 Å². The average Bonchev–Trinajstić information content (AvgIpc) is 2.47. The molecule has 3 nitrogen and oxygen atoms in total. The van der Waals surface area contributed by atoms with Crippen LogP contribution in [0, 0.1) is 13.8 Å². The van der Waals surface area contributed by atoms with Gasteiger partial charge in [-0.1, -0.05) is 24.3 Å². The standard InChI is InChI=1S/C20H26O3/c1-14-12-17(23-11-10-20(3,4)22)8-9-18(14)19-7-5-6-16(13-21)15(19)2/h5-9,12,21-22H,10-11,13H2,1-4H3. The van der Waals surface area contributed by atoms with Gasteiger partial charge in [0.25, 0.3) is 0 Å². The summed E-state index contributed by atoms with van der Waals surface area (Å²) < 4.78 is 5.73. The normalized spacial score (nSPS) is 11.6. The van der Waals surface area contributed by atoms with Crippen molar-refractivity contribution in [2.24, 2.45) is 0 Å². The first-order valence-electron chi connectivity index (χ1n) is 7.97. The number of ether oxygens (including phenoxy) is 1. The van der Waals surface area contributed by atoms with Gasteiger partial charge in [0, 0.05) is 6.42 Å². The highest BCUT2D eigenvalue weighted by Gasteiger charge is 2.13. The topological polar surface area (TPSA) is 49.7 Å². The zero-order valence-electron chi connectivity index (χ0n) is 14.4. The van der Waals surface area contributed by atoms with E-state index in [-0.39, 0.29) is 6.61 Å². The van der Waals surface area contributed by atoms with Gasteiger partial charge in [-0.15, -0.1) is 0 Å². The van der Waals surface area contributed by atoms with E-state index in [0.29, 0.717) is 13.0 Å². The van der Waals surface area contributed by atoms with Crippen molar-refractivity contribution >= 4 is 0 Å². The summed E-state index contributed by atoms with van der Waals surface area (Å²) in [6, 6.07) is 12.0. The van der Waals surface area contributed by atoms with Crippen LogP contribution >= 0.6 is 0 Å². The highest BCUT2D eigenvalue weighted by Crippen LogP contribution is 2.31. The Bertz CT molecular complexity index is 669. The minimum atomic E-state index is -0.711. The first-order valence-corrected chi connectivity index (χ1v) is 7.97. The van der Waals surface area contributed by atoms with Crippen molar-refractivity contribution in [1.29, 1.82) is 0 Å². The molecular formula is C20H26O3. The molecule has 0 heterocycles. The Kier molecular flexibility index (Phi) is 5.45. The van der Waals surface area contributed by atoms with Crippen molar-refractivity contribution in [1.82, 2.24) is 0 Å². The summed E-state index contributed by atoms with van der Waals surface area (Å²) in [7, 11) is 0. The van der Waals surface area contributed by atoms with Gasteiger partial charge in [0.15, 0.2) is 0 Å². The van der Waals surface area contributed by atoms with E-state index in [0.717, 1.165) is 33.6 Å². The Balaban J connectivity index is 2.20. The van der Waals surface area contributed by atoms with Crippen LogP contribution in [0.3, 0.4) is 0 Å². The summed E-state index contributed by atoms with van der Waals surface area (Å²) in [5.74, 6) is 0.812. The molecule has 0 spiro atoms. The predicted molar refractivity (Wildman–Crippen MR) is 93.7 cm³/mol. The fraction of sp³-hybridized carbons (Fsp3) is 0.400. The summed E-state index contributed by atoms with van der Waals surface area (Å²) >= 11 is 0. The van der Waals surface area contributed by atoms with E-state index in [1.807, 2.05) is 31.2 Å². The van der Waals surface area contributed by atoms with Crippen LogP contribution in [0.5, 0.6) is 5.75 Å². The zero-order valence-corrected chi connectivity index (χ0v) is 14.4. The van der Waals surface area contributed by atoms with Crippen LogP contribution in [-0.4, -0.2) is 22.4 Å². The molecule has 0 saturated carbocycles. The maximum absolute atomic E-state index is 9.72. The highest BCUT2D eigenvalue weighted by atomic mass is 16.5. The maximum atomic E-state index is 9.72. The van der Waals surface area contributed by atoms with Crippen molar-refractivity contribution in [2.75, 3.05) is 6.61 Å². The Hall–Kier alpha value is -1.84. The van der Waals surface area contributed by atoms with Crippen LogP contribution in [-0.2, 0) is 6.61 Å². The van der Waals surface area contributed by atoms with Crippen LogP contribution in [0.4, 0.5) is 0 Å². The van der Waals surface area contributed by atoms with E-state index in [9.17, 15) is 10.2 Å². The van der Waals surface area contributed by atoms with E-state index in [1.54, 1.807) is 13.8 Å². The minimum Gasteiger partial charge on any atom is -0.493 e. The second-order valence-electron chi connectivity index (χ2n) is 6.64. The Morgan fingerprint density at radius 2 is 1.78 bits per heavy atom. The number of hydrogen-bond donors (Lipinski definition) is 2. The lowest BCUT2D eigenvalue weighted by Gasteiger charge is -2.18. The minimum absolute atomic E-state index is 0.0524. The summed E-state index contributed by atoms with van der Waals surface area (Å²) in [5, 5.41) is 19.1. The molecule has 0 unspecified atom stereocenters. The van der Waals surface area contributed by atoms with Gasteiger partial charge in [-0.05, 0) is 67.6 Å². The number of rotatable bonds is 6. The molecule has 0 saturated heterocycles. The average molecular weight is 314 g/mol. The third kappa shape index (κ3) is 4.57. The highest BCUT2D eigenvalue weighted by molar-refractivity contribution is 5.72. The lowest BCUT2D eigenvalue weighted by atomic mass is 9.94. The van der Waals surface area contributed by atoms with Crippen LogP contribution in [0.15, 0.2) is 36.4 Å². The molecule has 0 aromatic heterocycles. The molecule has 23 heavy (non-hydrogen) atoms. The van der Waals surface area contributed by atoms with E-state index in [4.69, 9.17) is 4.74 Å². The molecule has 0 atom stereocenters. The lowest BCUT2D eigenvalue weighted by Crippen LogP contribution is -2.21. The molecule has 0 bridgehead atoms. The van der Waals surface area contributed by atoms with Crippen LogP contribution < -0.4 is 4.74 Å². The van der Waals surface area contributed by atoms with Gasteiger partial charge in [0.2, 0.25) is 0 Å². The summed E-state index contributed by atoms with van der Waals surface area (Å²) in [4.78, 5) is 0. The van der Waals surface area contributed by atoms with Gasteiger partial charge in [-0.25, -0.2) is 0 Å². The smallest absolute Gasteiger partial charge is 0.119 e. The van der Waals surface area contributed by atoms with Crippen molar-refractivity contribution in [3.8, 4) is 16.9 Å². The third-order valence-electron chi connectivity index (χ3n) is 4.09. The Morgan fingerprint density at radius 3 is 2.39 bits per heavy atom. The van der Waals surface area contributed by atoms with Crippen LogP contribution in [0.25, 0.3) is 11.1 Å². The fourth-order valence-electron chi connectivity index (χ4n) is 2.59. The second kappa shape index (κ2) is 7.16. The summed E-state index contributed by atoms with van der Waals surface area (Å²) in [6.07, 6.45) is 0.589. The van der Waals surface area contributed by atoms with Crippen LogP contribution in [0.2, 0.25) is 0 Å². The van der Waals surface area contributed by atoms with Gasteiger partial charge in [0.1, 0.15) is 5.75 Å². The molecule has 3 heteroatoms. The van der Waals surface area contributed by atoms with Gasteiger partial charge in [-0.2, -0.15) is 0 Å². The van der Waals surface area contributed by atoms with Gasteiger partial charge in [0.05, 0.1) is 18.8 Å². The molecular weight excluding hydrogens is 288 g/mol. The SMILES string of the molecule is Cc1cc(OCCC(C)(C)O)ccc1-c1cccc(CO)c1C. The maximum Gasteiger partial charge on any atom is 0.119 e. The first-order chi connectivity index (χ1) is 10.8. The quantitative estimate of drug-likeness (QED) is 0.847. The van der Waals surface area contributed by atoms with E-state index >= 15 is 0 Å². The number of benzene rings is 2.